The number of hydrogen-bond donors (Lipinski definition) is 3. The maximum absolute atomic E-state index is 13.9. The fourth-order valence-electron chi connectivity index (χ4n) is 2.68. The summed E-state index contributed by atoms with van der Waals surface area (Å²) in [7, 11) is 0. The quantitative estimate of drug-likeness (QED) is 0.740. The van der Waals surface area contributed by atoms with Gasteiger partial charge in [-0.25, -0.2) is 9.18 Å². The normalized spacial score (nSPS) is 11.4. The molecule has 25 heavy (non-hydrogen) atoms. The lowest BCUT2D eigenvalue weighted by Crippen LogP contribution is -2.37. The first-order valence-corrected chi connectivity index (χ1v) is 8.04. The molecule has 1 heterocycles. The molecule has 0 atom stereocenters. The topological polar surface area (TPSA) is 94.8 Å². The average Bonchev–Trinajstić information content (AvgIpc) is 2.52. The van der Waals surface area contributed by atoms with Gasteiger partial charge < -0.3 is 10.3 Å². The molecule has 0 aliphatic rings. The molecule has 3 N–H and O–H groups in total. The van der Waals surface area contributed by atoms with Gasteiger partial charge in [-0.2, -0.15) is 0 Å². The molecule has 0 spiro atoms. The van der Waals surface area contributed by atoms with Crippen LogP contribution in [-0.2, 0) is 16.6 Å². The summed E-state index contributed by atoms with van der Waals surface area (Å²) < 4.78 is 13.9. The molecule has 0 unspecified atom stereocenters. The van der Waals surface area contributed by atoms with Crippen molar-refractivity contribution in [2.75, 3.05) is 6.54 Å². The minimum atomic E-state index is -0.567. The van der Waals surface area contributed by atoms with E-state index in [2.05, 4.69) is 15.3 Å². The Bertz CT molecular complexity index is 884. The number of rotatable bonds is 6. The Hall–Kier alpha value is -2.70. The molecule has 0 aliphatic carbocycles. The van der Waals surface area contributed by atoms with E-state index in [1.165, 1.54) is 6.07 Å². The number of carbonyl (C=O) groups is 1. The molecule has 134 valence electrons. The summed E-state index contributed by atoms with van der Waals surface area (Å²) >= 11 is 0. The van der Waals surface area contributed by atoms with E-state index in [4.69, 9.17) is 0 Å². The van der Waals surface area contributed by atoms with Gasteiger partial charge in [0, 0.05) is 29.6 Å². The van der Waals surface area contributed by atoms with Crippen molar-refractivity contribution in [1.29, 1.82) is 0 Å². The summed E-state index contributed by atoms with van der Waals surface area (Å²) in [6.45, 7) is 5.59. The summed E-state index contributed by atoms with van der Waals surface area (Å²) in [5.74, 6) is -0.549. The standard InChI is InChI=1S/C18H22FN3O3/c1-11-12(16(24)22-17(25)21-11)8-9-15(23)20-10-18(2,3)13-6-4-5-7-14(13)19/h4-7H,8-10H2,1-3H3,(H,20,23)(H2,21,22,24,25). The van der Waals surface area contributed by atoms with Crippen molar-refractivity contribution >= 4 is 5.91 Å². The number of amides is 1. The lowest BCUT2D eigenvalue weighted by Gasteiger charge is -2.26. The van der Waals surface area contributed by atoms with Gasteiger partial charge in [0.2, 0.25) is 5.91 Å². The van der Waals surface area contributed by atoms with Gasteiger partial charge in [-0.05, 0) is 25.0 Å². The zero-order valence-electron chi connectivity index (χ0n) is 14.5. The van der Waals surface area contributed by atoms with Gasteiger partial charge >= 0.3 is 5.69 Å². The number of nitrogens with one attached hydrogen (secondary N) is 3. The predicted octanol–water partition coefficient (Wildman–Crippen LogP) is 1.54. The first-order valence-electron chi connectivity index (χ1n) is 8.04. The van der Waals surface area contributed by atoms with E-state index in [1.807, 2.05) is 13.8 Å². The third-order valence-corrected chi connectivity index (χ3v) is 4.19. The van der Waals surface area contributed by atoms with Crippen LogP contribution in [0.4, 0.5) is 4.39 Å². The highest BCUT2D eigenvalue weighted by Gasteiger charge is 2.24. The van der Waals surface area contributed by atoms with Crippen LogP contribution in [0, 0.1) is 12.7 Å². The van der Waals surface area contributed by atoms with Crippen molar-refractivity contribution in [2.45, 2.75) is 39.0 Å². The van der Waals surface area contributed by atoms with Crippen LogP contribution in [0.5, 0.6) is 0 Å². The Morgan fingerprint density at radius 3 is 2.52 bits per heavy atom. The predicted molar refractivity (Wildman–Crippen MR) is 93.2 cm³/mol. The minimum Gasteiger partial charge on any atom is -0.355 e. The van der Waals surface area contributed by atoms with Crippen LogP contribution in [0.15, 0.2) is 33.9 Å². The number of aryl methyl sites for hydroxylation is 1. The second kappa shape index (κ2) is 7.46. The smallest absolute Gasteiger partial charge is 0.325 e. The summed E-state index contributed by atoms with van der Waals surface area (Å²) in [6.07, 6.45) is 0.313. The zero-order chi connectivity index (χ0) is 18.6. The Morgan fingerprint density at radius 2 is 1.88 bits per heavy atom. The molecule has 0 fully saturated rings. The van der Waals surface area contributed by atoms with E-state index >= 15 is 0 Å². The molecule has 0 saturated carbocycles. The number of benzene rings is 1. The van der Waals surface area contributed by atoms with Crippen LogP contribution >= 0.6 is 0 Å². The van der Waals surface area contributed by atoms with Crippen molar-refractivity contribution in [1.82, 2.24) is 15.3 Å². The maximum atomic E-state index is 13.9. The van der Waals surface area contributed by atoms with Gasteiger partial charge in [-0.3, -0.25) is 14.6 Å². The van der Waals surface area contributed by atoms with Crippen LogP contribution in [0.2, 0.25) is 0 Å². The molecule has 1 aromatic carbocycles. The highest BCUT2D eigenvalue weighted by Crippen LogP contribution is 2.24. The van der Waals surface area contributed by atoms with Gasteiger partial charge in [0.15, 0.2) is 0 Å². The van der Waals surface area contributed by atoms with Crippen LogP contribution in [0.1, 0.15) is 37.1 Å². The summed E-state index contributed by atoms with van der Waals surface area (Å²) in [5, 5.41) is 2.78. The lowest BCUT2D eigenvalue weighted by atomic mass is 9.84. The first kappa shape index (κ1) is 18.6. The van der Waals surface area contributed by atoms with Crippen molar-refractivity contribution < 1.29 is 9.18 Å². The van der Waals surface area contributed by atoms with E-state index in [-0.39, 0.29) is 31.1 Å². The van der Waals surface area contributed by atoms with Gasteiger partial charge in [0.25, 0.3) is 5.56 Å². The molecule has 7 heteroatoms. The lowest BCUT2D eigenvalue weighted by molar-refractivity contribution is -0.121. The molecule has 0 bridgehead atoms. The van der Waals surface area contributed by atoms with E-state index in [0.717, 1.165) is 0 Å². The highest BCUT2D eigenvalue weighted by atomic mass is 19.1. The largest absolute Gasteiger partial charge is 0.355 e. The molecule has 1 amide bonds. The van der Waals surface area contributed by atoms with Crippen molar-refractivity contribution in [3.8, 4) is 0 Å². The van der Waals surface area contributed by atoms with Gasteiger partial charge in [0.1, 0.15) is 5.82 Å². The second-order valence-electron chi connectivity index (χ2n) is 6.65. The molecule has 0 aliphatic heterocycles. The Labute approximate surface area is 144 Å². The summed E-state index contributed by atoms with van der Waals surface area (Å²) in [5.41, 5.74) is -0.255. The number of hydrogen-bond acceptors (Lipinski definition) is 3. The second-order valence-corrected chi connectivity index (χ2v) is 6.65. The Kier molecular flexibility index (Phi) is 5.56. The van der Waals surface area contributed by atoms with Crippen LogP contribution < -0.4 is 16.6 Å². The van der Waals surface area contributed by atoms with E-state index in [1.54, 1.807) is 25.1 Å². The molecule has 0 saturated heterocycles. The maximum Gasteiger partial charge on any atom is 0.325 e. The highest BCUT2D eigenvalue weighted by molar-refractivity contribution is 5.76. The molecule has 6 nitrogen and oxygen atoms in total. The monoisotopic (exact) mass is 347 g/mol. The molecule has 1 aromatic heterocycles. The fourth-order valence-corrected chi connectivity index (χ4v) is 2.68. The number of aromatic amines is 2. The number of H-pyrrole nitrogens is 2. The van der Waals surface area contributed by atoms with Gasteiger partial charge in [-0.1, -0.05) is 32.0 Å². The van der Waals surface area contributed by atoms with Crippen LogP contribution in [0.25, 0.3) is 0 Å². The SMILES string of the molecule is Cc1[nH]c(=O)[nH]c(=O)c1CCC(=O)NCC(C)(C)c1ccccc1F. The van der Waals surface area contributed by atoms with E-state index in [0.29, 0.717) is 16.8 Å². The first-order chi connectivity index (χ1) is 11.7. The molecule has 2 rings (SSSR count). The van der Waals surface area contributed by atoms with Crippen molar-refractivity contribution in [3.05, 3.63) is 67.7 Å². The zero-order valence-corrected chi connectivity index (χ0v) is 14.5. The van der Waals surface area contributed by atoms with Crippen molar-refractivity contribution in [3.63, 3.8) is 0 Å². The molecular weight excluding hydrogens is 325 g/mol. The molecular formula is C18H22FN3O3. The Morgan fingerprint density at radius 1 is 1.20 bits per heavy atom. The van der Waals surface area contributed by atoms with Gasteiger partial charge in [0.05, 0.1) is 0 Å². The fraction of sp³-hybridized carbons (Fsp3) is 0.389. The summed E-state index contributed by atoms with van der Waals surface area (Å²) in [6, 6.07) is 6.47. The molecule has 0 radical (unpaired) electrons. The van der Waals surface area contributed by atoms with E-state index in [9.17, 15) is 18.8 Å². The van der Waals surface area contributed by atoms with Crippen LogP contribution in [-0.4, -0.2) is 22.4 Å². The molecule has 2 aromatic rings. The minimum absolute atomic E-state index is 0.101. The number of carbonyl (C=O) groups excluding carboxylic acids is 1. The Balaban J connectivity index is 1.96. The average molecular weight is 347 g/mol. The van der Waals surface area contributed by atoms with E-state index < -0.39 is 16.7 Å². The van der Waals surface area contributed by atoms with Crippen molar-refractivity contribution in [2.24, 2.45) is 0 Å². The third-order valence-electron chi connectivity index (χ3n) is 4.19. The number of aromatic nitrogens is 2. The number of halogens is 1. The van der Waals surface area contributed by atoms with Crippen LogP contribution in [0.3, 0.4) is 0 Å². The van der Waals surface area contributed by atoms with Gasteiger partial charge in [-0.15, -0.1) is 0 Å². The third kappa shape index (κ3) is 4.65. The summed E-state index contributed by atoms with van der Waals surface area (Å²) in [4.78, 5) is 39.6.